The van der Waals surface area contributed by atoms with E-state index in [0.29, 0.717) is 39.3 Å². The number of aromatic nitrogens is 6. The van der Waals surface area contributed by atoms with Crippen molar-refractivity contribution in [1.82, 2.24) is 29.5 Å². The van der Waals surface area contributed by atoms with Crippen LogP contribution in [0.15, 0.2) is 64.6 Å². The summed E-state index contributed by atoms with van der Waals surface area (Å²) in [5.74, 6) is 0.636. The van der Waals surface area contributed by atoms with Gasteiger partial charge in [0.05, 0.1) is 39.3 Å². The Morgan fingerprint density at radius 1 is 1.03 bits per heavy atom. The summed E-state index contributed by atoms with van der Waals surface area (Å²) in [5.41, 5.74) is 1.85. The fourth-order valence-electron chi connectivity index (χ4n) is 3.80. The Labute approximate surface area is 193 Å². The third-order valence-corrected chi connectivity index (χ3v) is 5.76. The van der Waals surface area contributed by atoms with E-state index in [1.54, 1.807) is 63.5 Å². The number of aromatic amines is 1. The molecule has 5 aromatic rings. The molecule has 5 rings (SSSR count). The molecule has 0 saturated carbocycles. The van der Waals surface area contributed by atoms with E-state index >= 15 is 0 Å². The number of hydrogen-bond donors (Lipinski definition) is 1. The first-order valence-electron chi connectivity index (χ1n) is 10.5. The van der Waals surface area contributed by atoms with Crippen molar-refractivity contribution in [2.45, 2.75) is 26.2 Å². The van der Waals surface area contributed by atoms with Gasteiger partial charge in [-0.3, -0.25) is 19.3 Å². The summed E-state index contributed by atoms with van der Waals surface area (Å²) in [7, 11) is 0. The summed E-state index contributed by atoms with van der Waals surface area (Å²) in [6.07, 6.45) is 4.77. The van der Waals surface area contributed by atoms with Crippen LogP contribution in [0.1, 0.15) is 25.2 Å². The van der Waals surface area contributed by atoms with Crippen LogP contribution in [0.5, 0.6) is 0 Å². The zero-order valence-corrected chi connectivity index (χ0v) is 18.7. The maximum Gasteiger partial charge on any atom is 0.333 e. The summed E-state index contributed by atoms with van der Waals surface area (Å²) >= 11 is 0. The van der Waals surface area contributed by atoms with Crippen molar-refractivity contribution >= 4 is 21.9 Å². The molecule has 9 nitrogen and oxygen atoms in total. The Morgan fingerprint density at radius 3 is 2.53 bits per heavy atom. The molecule has 0 aliphatic carbocycles. The van der Waals surface area contributed by atoms with Gasteiger partial charge in [0, 0.05) is 24.2 Å². The van der Waals surface area contributed by atoms with Crippen molar-refractivity contribution in [3.63, 3.8) is 0 Å². The van der Waals surface area contributed by atoms with E-state index in [2.05, 4.69) is 26.0 Å². The maximum absolute atomic E-state index is 13.1. The fraction of sp³-hybridized carbons (Fsp3) is 0.160. The summed E-state index contributed by atoms with van der Waals surface area (Å²) < 4.78 is 1.40. The van der Waals surface area contributed by atoms with Gasteiger partial charge in [-0.2, -0.15) is 5.26 Å². The van der Waals surface area contributed by atoms with Crippen LogP contribution >= 0.6 is 0 Å². The van der Waals surface area contributed by atoms with Crippen LogP contribution in [-0.2, 0) is 5.41 Å². The van der Waals surface area contributed by atoms with Gasteiger partial charge in [-0.15, -0.1) is 0 Å². The molecule has 0 fully saturated rings. The second-order valence-corrected chi connectivity index (χ2v) is 8.49. The number of aryl methyl sites for hydroxylation is 1. The number of nitrogens with zero attached hydrogens (tertiary/aromatic N) is 6. The van der Waals surface area contributed by atoms with Crippen molar-refractivity contribution in [2.24, 2.45) is 0 Å². The van der Waals surface area contributed by atoms with Crippen LogP contribution in [0.3, 0.4) is 0 Å². The van der Waals surface area contributed by atoms with E-state index in [-0.39, 0.29) is 5.39 Å². The zero-order valence-electron chi connectivity index (χ0n) is 18.7. The predicted molar refractivity (Wildman–Crippen MR) is 128 cm³/mol. The molecule has 1 aromatic carbocycles. The second-order valence-electron chi connectivity index (χ2n) is 8.49. The molecule has 0 radical (unpaired) electrons. The molecule has 0 bridgehead atoms. The normalized spacial score (nSPS) is 11.6. The number of nitriles is 1. The SMILES string of the molecule is Cc1ncc(-c2ccc3ncc4c(=O)[nH]c(=O)n(-c5cccc(C(C)(C)C#N)c5)c4c3n2)cn1. The fourth-order valence-corrected chi connectivity index (χ4v) is 3.80. The van der Waals surface area contributed by atoms with Crippen LogP contribution in [0.25, 0.3) is 38.9 Å². The third kappa shape index (κ3) is 3.42. The topological polar surface area (TPSA) is 130 Å². The number of fused-ring (bicyclic) bond motifs is 3. The van der Waals surface area contributed by atoms with Gasteiger partial charge >= 0.3 is 5.69 Å². The summed E-state index contributed by atoms with van der Waals surface area (Å²) in [6.45, 7) is 5.40. The van der Waals surface area contributed by atoms with E-state index in [1.165, 1.54) is 10.8 Å². The van der Waals surface area contributed by atoms with Gasteiger partial charge in [-0.1, -0.05) is 12.1 Å². The van der Waals surface area contributed by atoms with Crippen molar-refractivity contribution < 1.29 is 0 Å². The minimum atomic E-state index is -0.766. The van der Waals surface area contributed by atoms with Gasteiger partial charge in [-0.25, -0.2) is 19.7 Å². The maximum atomic E-state index is 13.1. The molecule has 0 saturated heterocycles. The lowest BCUT2D eigenvalue weighted by Gasteiger charge is -2.18. The summed E-state index contributed by atoms with van der Waals surface area (Å²) in [6, 6.07) is 13.0. The first-order chi connectivity index (χ1) is 16.3. The molecule has 4 aromatic heterocycles. The lowest BCUT2D eigenvalue weighted by molar-refractivity contribution is 0.686. The summed E-state index contributed by atoms with van der Waals surface area (Å²) in [5, 5.41) is 9.80. The van der Waals surface area contributed by atoms with E-state index < -0.39 is 16.7 Å². The molecule has 0 unspecified atom stereocenters. The molecule has 166 valence electrons. The van der Waals surface area contributed by atoms with E-state index in [9.17, 15) is 14.9 Å². The molecule has 34 heavy (non-hydrogen) atoms. The first kappa shape index (κ1) is 21.2. The average Bonchev–Trinajstić information content (AvgIpc) is 2.84. The van der Waals surface area contributed by atoms with Gasteiger partial charge in [0.2, 0.25) is 0 Å². The van der Waals surface area contributed by atoms with E-state index in [4.69, 9.17) is 4.98 Å². The van der Waals surface area contributed by atoms with Gasteiger partial charge in [-0.05, 0) is 50.6 Å². The first-order valence-corrected chi connectivity index (χ1v) is 10.5. The molecule has 0 amide bonds. The molecular formula is C25H19N7O2. The number of H-pyrrole nitrogens is 1. The predicted octanol–water partition coefficient (Wildman–Crippen LogP) is 3.19. The Hall–Kier alpha value is -4.71. The van der Waals surface area contributed by atoms with Gasteiger partial charge in [0.1, 0.15) is 11.3 Å². The molecule has 0 aliphatic rings. The largest absolute Gasteiger partial charge is 0.333 e. The van der Waals surface area contributed by atoms with Crippen LogP contribution in [0.4, 0.5) is 0 Å². The Kier molecular flexibility index (Phi) is 4.79. The van der Waals surface area contributed by atoms with Crippen molar-refractivity contribution in [3.05, 3.63) is 87.2 Å². The molecule has 4 heterocycles. The zero-order chi connectivity index (χ0) is 24.0. The highest BCUT2D eigenvalue weighted by Gasteiger charge is 2.21. The van der Waals surface area contributed by atoms with Crippen molar-refractivity contribution in [3.8, 4) is 23.0 Å². The van der Waals surface area contributed by atoms with Crippen molar-refractivity contribution in [1.29, 1.82) is 5.26 Å². The average molecular weight is 449 g/mol. The Balaban J connectivity index is 1.87. The lowest BCUT2D eigenvalue weighted by Crippen LogP contribution is -2.30. The lowest BCUT2D eigenvalue weighted by atomic mass is 9.86. The molecule has 9 heteroatoms. The molecular weight excluding hydrogens is 430 g/mol. The van der Waals surface area contributed by atoms with Gasteiger partial charge in [0.25, 0.3) is 5.56 Å². The van der Waals surface area contributed by atoms with Crippen molar-refractivity contribution in [2.75, 3.05) is 0 Å². The van der Waals surface area contributed by atoms with Crippen LogP contribution < -0.4 is 11.2 Å². The minimum Gasteiger partial charge on any atom is -0.273 e. The quantitative estimate of drug-likeness (QED) is 0.419. The Morgan fingerprint density at radius 2 is 1.79 bits per heavy atom. The van der Waals surface area contributed by atoms with Crippen LogP contribution in [0.2, 0.25) is 0 Å². The Bertz CT molecular complexity index is 1740. The van der Waals surface area contributed by atoms with Gasteiger partial charge in [0.15, 0.2) is 0 Å². The number of nitrogens with one attached hydrogen (secondary N) is 1. The van der Waals surface area contributed by atoms with Gasteiger partial charge < -0.3 is 0 Å². The number of rotatable bonds is 3. The number of hydrogen-bond acceptors (Lipinski definition) is 7. The monoisotopic (exact) mass is 449 g/mol. The standard InChI is InChI=1S/C25H19N7O2/c1-14-27-10-15(11-28-14)19-7-8-20-21(30-19)22-18(12-29-20)23(33)31-24(34)32(22)17-6-4-5-16(9-17)25(2,3)13-26/h4-12H,1-3H3,(H,31,33,34). The van der Waals surface area contributed by atoms with E-state index in [0.717, 1.165) is 5.56 Å². The second kappa shape index (κ2) is 7.71. The van der Waals surface area contributed by atoms with Crippen LogP contribution in [0, 0.1) is 18.3 Å². The third-order valence-electron chi connectivity index (χ3n) is 5.76. The number of benzene rings is 1. The van der Waals surface area contributed by atoms with E-state index in [1.807, 2.05) is 6.07 Å². The molecule has 0 atom stereocenters. The highest BCUT2D eigenvalue weighted by Crippen LogP contribution is 2.27. The van der Waals surface area contributed by atoms with Crippen LogP contribution in [-0.4, -0.2) is 29.5 Å². The molecule has 1 N–H and O–H groups in total. The number of pyridine rings is 2. The smallest absolute Gasteiger partial charge is 0.273 e. The molecule has 0 spiro atoms. The highest BCUT2D eigenvalue weighted by molar-refractivity contribution is 6.01. The molecule has 0 aliphatic heterocycles. The highest BCUT2D eigenvalue weighted by atomic mass is 16.2. The minimum absolute atomic E-state index is 0.224. The summed E-state index contributed by atoms with van der Waals surface area (Å²) in [4.78, 5) is 45.7.